The molecule has 2 aromatic heterocycles. The van der Waals surface area contributed by atoms with Crippen LogP contribution in [0.2, 0.25) is 0 Å². The number of pyridine rings is 1. The van der Waals surface area contributed by atoms with Crippen molar-refractivity contribution in [2.45, 2.75) is 12.8 Å². The first-order valence-electron chi connectivity index (χ1n) is 4.44. The first kappa shape index (κ1) is 8.63. The lowest BCUT2D eigenvalue weighted by Gasteiger charge is -1.95. The molecule has 0 radical (unpaired) electrons. The molecule has 0 aliphatic heterocycles. The summed E-state index contributed by atoms with van der Waals surface area (Å²) in [5.41, 5.74) is 2.53. The first-order chi connectivity index (χ1) is 6.42. The van der Waals surface area contributed by atoms with Gasteiger partial charge in [-0.2, -0.15) is 17.7 Å². The normalized spacial score (nSPS) is 10.8. The molecule has 68 valence electrons. The van der Waals surface area contributed by atoms with Crippen molar-refractivity contribution in [2.75, 3.05) is 5.75 Å². The minimum atomic E-state index is 0.935. The number of hydrogen-bond donors (Lipinski definition) is 1. The minimum absolute atomic E-state index is 0.935. The predicted octanol–water partition coefficient (Wildman–Crippen LogP) is 2.20. The Morgan fingerprint density at radius 1 is 1.38 bits per heavy atom. The van der Waals surface area contributed by atoms with Gasteiger partial charge in [0.25, 0.3) is 0 Å². The van der Waals surface area contributed by atoms with Crippen molar-refractivity contribution in [3.8, 4) is 0 Å². The molecule has 0 saturated carbocycles. The van der Waals surface area contributed by atoms with Crippen molar-refractivity contribution in [1.29, 1.82) is 0 Å². The Bertz CT molecular complexity index is 394. The molecule has 2 heterocycles. The van der Waals surface area contributed by atoms with Crippen LogP contribution in [0.3, 0.4) is 0 Å². The highest BCUT2D eigenvalue weighted by molar-refractivity contribution is 7.80. The molecule has 0 saturated heterocycles. The average Bonchev–Trinajstić information content (AvgIpc) is 2.58. The number of aromatic nitrogens is 2. The van der Waals surface area contributed by atoms with E-state index in [0.29, 0.717) is 0 Å². The van der Waals surface area contributed by atoms with Gasteiger partial charge in [-0.15, -0.1) is 0 Å². The summed E-state index contributed by atoms with van der Waals surface area (Å²) in [5, 5.41) is 4.26. The van der Waals surface area contributed by atoms with Crippen LogP contribution < -0.4 is 0 Å². The van der Waals surface area contributed by atoms with Crippen molar-refractivity contribution in [3.05, 3.63) is 36.2 Å². The summed E-state index contributed by atoms with van der Waals surface area (Å²) in [4.78, 5) is 0. The Balaban J connectivity index is 2.35. The second-order valence-electron chi connectivity index (χ2n) is 3.03. The summed E-state index contributed by atoms with van der Waals surface area (Å²) in [6.45, 7) is 0. The standard InChI is InChI=1S/C10H12N2S/c13-7-3-4-9-8-11-12-6-2-1-5-10(9)12/h1-2,5-6,8,13H,3-4,7H2. The van der Waals surface area contributed by atoms with E-state index >= 15 is 0 Å². The van der Waals surface area contributed by atoms with Crippen LogP contribution >= 0.6 is 12.6 Å². The molecule has 2 rings (SSSR count). The maximum absolute atomic E-state index is 4.26. The van der Waals surface area contributed by atoms with Crippen molar-refractivity contribution in [1.82, 2.24) is 9.61 Å². The van der Waals surface area contributed by atoms with Gasteiger partial charge in [-0.3, -0.25) is 0 Å². The molecule has 0 amide bonds. The largest absolute Gasteiger partial charge is 0.241 e. The molecule has 13 heavy (non-hydrogen) atoms. The average molecular weight is 192 g/mol. The lowest BCUT2D eigenvalue weighted by Crippen LogP contribution is -1.87. The Hall–Kier alpha value is -0.960. The predicted molar refractivity (Wildman–Crippen MR) is 57.4 cm³/mol. The molecule has 0 aromatic carbocycles. The number of aryl methyl sites for hydroxylation is 1. The van der Waals surface area contributed by atoms with Crippen LogP contribution in [0.5, 0.6) is 0 Å². The second-order valence-corrected chi connectivity index (χ2v) is 3.47. The highest BCUT2D eigenvalue weighted by Gasteiger charge is 2.01. The SMILES string of the molecule is SCCCc1cnn2ccccc12. The van der Waals surface area contributed by atoms with Gasteiger partial charge in [-0.25, -0.2) is 4.52 Å². The van der Waals surface area contributed by atoms with Crippen LogP contribution in [-0.4, -0.2) is 15.4 Å². The van der Waals surface area contributed by atoms with Crippen molar-refractivity contribution in [3.63, 3.8) is 0 Å². The van der Waals surface area contributed by atoms with Gasteiger partial charge in [0.05, 0.1) is 11.7 Å². The minimum Gasteiger partial charge on any atom is -0.241 e. The van der Waals surface area contributed by atoms with Gasteiger partial charge in [-0.1, -0.05) is 6.07 Å². The van der Waals surface area contributed by atoms with Gasteiger partial charge >= 0.3 is 0 Å². The summed E-state index contributed by atoms with van der Waals surface area (Å²) in [6.07, 6.45) is 6.09. The summed E-state index contributed by atoms with van der Waals surface area (Å²) >= 11 is 4.20. The van der Waals surface area contributed by atoms with Gasteiger partial charge < -0.3 is 0 Å². The van der Waals surface area contributed by atoms with E-state index in [1.807, 2.05) is 29.0 Å². The first-order valence-corrected chi connectivity index (χ1v) is 5.07. The molecule has 0 unspecified atom stereocenters. The molecule has 0 aliphatic carbocycles. The Kier molecular flexibility index (Phi) is 2.54. The molecular weight excluding hydrogens is 180 g/mol. The topological polar surface area (TPSA) is 17.3 Å². The third kappa shape index (κ3) is 1.70. The smallest absolute Gasteiger partial charge is 0.0693 e. The summed E-state index contributed by atoms with van der Waals surface area (Å²) in [5.74, 6) is 0.935. The summed E-state index contributed by atoms with van der Waals surface area (Å²) in [6, 6.07) is 6.13. The molecule has 0 aliphatic rings. The quantitative estimate of drug-likeness (QED) is 0.738. The van der Waals surface area contributed by atoms with Gasteiger partial charge in [0.1, 0.15) is 0 Å². The highest BCUT2D eigenvalue weighted by atomic mass is 32.1. The second kappa shape index (κ2) is 3.83. The molecule has 3 heteroatoms. The molecule has 0 N–H and O–H groups in total. The van der Waals surface area contributed by atoms with Crippen molar-refractivity contribution < 1.29 is 0 Å². The molecule has 0 atom stereocenters. The Morgan fingerprint density at radius 3 is 3.15 bits per heavy atom. The Morgan fingerprint density at radius 2 is 2.31 bits per heavy atom. The zero-order chi connectivity index (χ0) is 9.10. The van der Waals surface area contributed by atoms with Crippen LogP contribution in [0.15, 0.2) is 30.6 Å². The third-order valence-electron chi connectivity index (χ3n) is 2.11. The molecule has 0 bridgehead atoms. The molecule has 2 nitrogen and oxygen atoms in total. The van der Waals surface area contributed by atoms with Gasteiger partial charge in [0, 0.05) is 6.20 Å². The van der Waals surface area contributed by atoms with Crippen molar-refractivity contribution >= 4 is 18.1 Å². The monoisotopic (exact) mass is 192 g/mol. The maximum Gasteiger partial charge on any atom is 0.0693 e. The van der Waals surface area contributed by atoms with E-state index in [-0.39, 0.29) is 0 Å². The number of hydrogen-bond acceptors (Lipinski definition) is 2. The zero-order valence-electron chi connectivity index (χ0n) is 7.35. The number of nitrogens with zero attached hydrogens (tertiary/aromatic N) is 2. The van der Waals surface area contributed by atoms with Gasteiger partial charge in [0.15, 0.2) is 0 Å². The third-order valence-corrected chi connectivity index (χ3v) is 2.43. The fourth-order valence-electron chi connectivity index (χ4n) is 1.45. The van der Waals surface area contributed by atoms with Crippen LogP contribution in [0.25, 0.3) is 5.52 Å². The van der Waals surface area contributed by atoms with Crippen LogP contribution in [0.4, 0.5) is 0 Å². The van der Waals surface area contributed by atoms with E-state index in [4.69, 9.17) is 0 Å². The number of rotatable bonds is 3. The molecule has 2 aromatic rings. The fourth-order valence-corrected chi connectivity index (χ4v) is 1.61. The Labute approximate surface area is 83.0 Å². The van der Waals surface area contributed by atoms with E-state index in [1.165, 1.54) is 11.1 Å². The van der Waals surface area contributed by atoms with E-state index in [2.05, 4.69) is 23.8 Å². The molecule has 0 fully saturated rings. The number of thiol groups is 1. The maximum atomic E-state index is 4.26. The lowest BCUT2D eigenvalue weighted by molar-refractivity contribution is 0.943. The van der Waals surface area contributed by atoms with Gasteiger partial charge in [-0.05, 0) is 36.3 Å². The van der Waals surface area contributed by atoms with Crippen molar-refractivity contribution in [2.24, 2.45) is 0 Å². The van der Waals surface area contributed by atoms with Gasteiger partial charge in [0.2, 0.25) is 0 Å². The zero-order valence-corrected chi connectivity index (χ0v) is 8.24. The highest BCUT2D eigenvalue weighted by Crippen LogP contribution is 2.11. The van der Waals surface area contributed by atoms with E-state index in [1.54, 1.807) is 0 Å². The summed E-state index contributed by atoms with van der Waals surface area (Å²) in [7, 11) is 0. The number of fused-ring (bicyclic) bond motifs is 1. The van der Waals surface area contributed by atoms with E-state index in [0.717, 1.165) is 18.6 Å². The van der Waals surface area contributed by atoms with Crippen LogP contribution in [0, 0.1) is 0 Å². The van der Waals surface area contributed by atoms with Crippen LogP contribution in [0.1, 0.15) is 12.0 Å². The molecular formula is C10H12N2S. The van der Waals surface area contributed by atoms with Crippen LogP contribution in [-0.2, 0) is 6.42 Å². The van der Waals surface area contributed by atoms with E-state index < -0.39 is 0 Å². The lowest BCUT2D eigenvalue weighted by atomic mass is 10.2. The fraction of sp³-hybridized carbons (Fsp3) is 0.300. The summed E-state index contributed by atoms with van der Waals surface area (Å²) < 4.78 is 1.91. The van der Waals surface area contributed by atoms with E-state index in [9.17, 15) is 0 Å². The molecule has 0 spiro atoms.